The molecule has 0 N–H and O–H groups in total. The second-order valence-corrected chi connectivity index (χ2v) is 8.37. The van der Waals surface area contributed by atoms with E-state index in [1.807, 2.05) is 10.7 Å². The van der Waals surface area contributed by atoms with Crippen molar-refractivity contribution in [3.8, 4) is 5.95 Å². The smallest absolute Gasteiger partial charge is 0.291 e. The third kappa shape index (κ3) is 4.51. The molecule has 156 valence electrons. The average molecular weight is 398 g/mol. The number of fused-ring (bicyclic) bond motifs is 1. The Morgan fingerprint density at radius 2 is 2.00 bits per heavy atom. The van der Waals surface area contributed by atoms with Gasteiger partial charge in [-0.15, -0.1) is 0 Å². The molecule has 2 aromatic heterocycles. The number of aromatic nitrogens is 4. The van der Waals surface area contributed by atoms with E-state index in [2.05, 4.69) is 42.1 Å². The van der Waals surface area contributed by atoms with Crippen molar-refractivity contribution in [3.05, 3.63) is 35.9 Å². The molecular weight excluding hydrogens is 366 g/mol. The lowest BCUT2D eigenvalue weighted by Crippen LogP contribution is -2.34. The van der Waals surface area contributed by atoms with Gasteiger partial charge in [0.2, 0.25) is 5.89 Å². The molecule has 0 bridgehead atoms. The van der Waals surface area contributed by atoms with Gasteiger partial charge in [-0.1, -0.05) is 32.0 Å². The lowest BCUT2D eigenvalue weighted by Gasteiger charge is -2.30. The zero-order chi connectivity index (χ0) is 20.2. The monoisotopic (exact) mass is 397 g/mol. The summed E-state index contributed by atoms with van der Waals surface area (Å²) in [6.45, 7) is 8.46. The summed E-state index contributed by atoms with van der Waals surface area (Å²) in [6, 6.07) is 8.28. The van der Waals surface area contributed by atoms with Crippen LogP contribution in [-0.4, -0.2) is 58.2 Å². The number of hydrogen-bond donors (Lipinski definition) is 0. The summed E-state index contributed by atoms with van der Waals surface area (Å²) in [4.78, 5) is 7.22. The zero-order valence-corrected chi connectivity index (χ0v) is 17.7. The van der Waals surface area contributed by atoms with Crippen LogP contribution in [0.3, 0.4) is 0 Å². The first kappa shape index (κ1) is 20.0. The minimum Gasteiger partial charge on any atom is -0.385 e. The maximum atomic E-state index is 5.67. The van der Waals surface area contributed by atoms with Crippen molar-refractivity contribution in [3.63, 3.8) is 0 Å². The Labute approximate surface area is 172 Å². The Morgan fingerprint density at radius 3 is 2.76 bits per heavy atom. The minimum atomic E-state index is 0.326. The first-order chi connectivity index (χ1) is 14.2. The number of piperidine rings is 1. The van der Waals surface area contributed by atoms with Gasteiger partial charge < -0.3 is 14.2 Å². The van der Waals surface area contributed by atoms with Crippen molar-refractivity contribution < 1.29 is 9.26 Å². The van der Waals surface area contributed by atoms with Gasteiger partial charge in [0.1, 0.15) is 0 Å². The highest BCUT2D eigenvalue weighted by atomic mass is 16.5. The van der Waals surface area contributed by atoms with Crippen LogP contribution in [0.25, 0.3) is 16.9 Å². The Morgan fingerprint density at radius 1 is 1.21 bits per heavy atom. The number of likely N-dealkylation sites (tertiary alicyclic amines) is 1. The van der Waals surface area contributed by atoms with E-state index >= 15 is 0 Å². The summed E-state index contributed by atoms with van der Waals surface area (Å²) < 4.78 is 12.7. The van der Waals surface area contributed by atoms with Gasteiger partial charge in [0.05, 0.1) is 11.2 Å². The molecule has 7 heteroatoms. The quantitative estimate of drug-likeness (QED) is 0.538. The molecule has 4 rings (SSSR count). The van der Waals surface area contributed by atoms with E-state index in [0.29, 0.717) is 17.8 Å². The first-order valence-corrected chi connectivity index (χ1v) is 10.7. The van der Waals surface area contributed by atoms with Crippen LogP contribution < -0.4 is 0 Å². The molecule has 3 aromatic rings. The van der Waals surface area contributed by atoms with Crippen molar-refractivity contribution in [2.45, 2.75) is 45.4 Å². The first-order valence-electron chi connectivity index (χ1n) is 10.7. The molecule has 0 spiro atoms. The van der Waals surface area contributed by atoms with Crippen LogP contribution in [0.15, 0.2) is 28.8 Å². The fourth-order valence-electron chi connectivity index (χ4n) is 4.14. The Hall–Kier alpha value is -2.25. The number of para-hydroxylation sites is 1. The molecule has 0 radical (unpaired) electrons. The molecule has 1 aliphatic heterocycles. The van der Waals surface area contributed by atoms with E-state index in [1.54, 1.807) is 7.11 Å². The minimum absolute atomic E-state index is 0.326. The number of rotatable bonds is 8. The molecular formula is C22H31N5O2. The highest BCUT2D eigenvalue weighted by Crippen LogP contribution is 2.28. The van der Waals surface area contributed by atoms with Crippen molar-refractivity contribution in [2.75, 3.05) is 33.4 Å². The van der Waals surface area contributed by atoms with Crippen LogP contribution in [0.1, 0.15) is 50.6 Å². The Balaban J connectivity index is 1.49. The number of ether oxygens (including phenoxy) is 1. The summed E-state index contributed by atoms with van der Waals surface area (Å²) in [5, 5.41) is 10.3. The average Bonchev–Trinajstić information content (AvgIpc) is 3.34. The van der Waals surface area contributed by atoms with Gasteiger partial charge in [0.15, 0.2) is 0 Å². The number of benzene rings is 1. The van der Waals surface area contributed by atoms with E-state index in [9.17, 15) is 0 Å². The van der Waals surface area contributed by atoms with Crippen LogP contribution in [0.4, 0.5) is 0 Å². The molecule has 7 nitrogen and oxygen atoms in total. The number of methoxy groups -OCH3 is 1. The second-order valence-electron chi connectivity index (χ2n) is 8.37. The van der Waals surface area contributed by atoms with E-state index in [4.69, 9.17) is 19.3 Å². The molecule has 1 saturated heterocycles. The van der Waals surface area contributed by atoms with Crippen LogP contribution in [-0.2, 0) is 11.2 Å². The van der Waals surface area contributed by atoms with E-state index < -0.39 is 0 Å². The molecule has 1 fully saturated rings. The Bertz CT molecular complexity index is 924. The fraction of sp³-hybridized carbons (Fsp3) is 0.591. The third-order valence-electron chi connectivity index (χ3n) is 5.65. The number of hydrogen-bond acceptors (Lipinski definition) is 6. The highest BCUT2D eigenvalue weighted by molar-refractivity contribution is 5.83. The summed E-state index contributed by atoms with van der Waals surface area (Å²) in [5.41, 5.74) is 2.12. The van der Waals surface area contributed by atoms with Crippen LogP contribution in [0, 0.1) is 5.92 Å². The number of nitrogens with zero attached hydrogens (tertiary/aromatic N) is 5. The predicted octanol–water partition coefficient (Wildman–Crippen LogP) is 3.82. The van der Waals surface area contributed by atoms with Crippen molar-refractivity contribution in [2.24, 2.45) is 5.92 Å². The third-order valence-corrected chi connectivity index (χ3v) is 5.65. The molecule has 1 aliphatic rings. The molecule has 3 heterocycles. The van der Waals surface area contributed by atoms with Gasteiger partial charge in [0, 0.05) is 31.6 Å². The second kappa shape index (κ2) is 9.05. The molecule has 0 aliphatic carbocycles. The maximum absolute atomic E-state index is 5.67. The van der Waals surface area contributed by atoms with Gasteiger partial charge >= 0.3 is 0 Å². The lowest BCUT2D eigenvalue weighted by atomic mass is 9.97. The van der Waals surface area contributed by atoms with Crippen LogP contribution >= 0.6 is 0 Å². The fourth-order valence-corrected chi connectivity index (χ4v) is 4.14. The summed E-state index contributed by atoms with van der Waals surface area (Å²) in [5.74, 6) is 2.14. The van der Waals surface area contributed by atoms with Crippen molar-refractivity contribution in [1.29, 1.82) is 0 Å². The van der Waals surface area contributed by atoms with Gasteiger partial charge in [0.25, 0.3) is 5.95 Å². The van der Waals surface area contributed by atoms with Gasteiger partial charge in [-0.05, 0) is 55.9 Å². The normalized spacial score (nSPS) is 16.3. The highest BCUT2D eigenvalue weighted by Gasteiger charge is 2.26. The van der Waals surface area contributed by atoms with E-state index in [-0.39, 0.29) is 0 Å². The van der Waals surface area contributed by atoms with E-state index in [0.717, 1.165) is 74.4 Å². The zero-order valence-electron chi connectivity index (χ0n) is 17.7. The molecule has 0 unspecified atom stereocenters. The standard InChI is InChI=1S/C22H31N5O2/c1-16(2)15-19-18-7-4-5-8-20(18)27(24-19)22-23-21(29-25-22)17-9-12-26(13-10-17)11-6-14-28-3/h4-5,7-8,16-17H,6,9-15H2,1-3H3. The van der Waals surface area contributed by atoms with Crippen LogP contribution in [0.2, 0.25) is 0 Å². The van der Waals surface area contributed by atoms with E-state index in [1.165, 1.54) is 0 Å². The maximum Gasteiger partial charge on any atom is 0.291 e. The summed E-state index contributed by atoms with van der Waals surface area (Å²) in [7, 11) is 1.76. The summed E-state index contributed by atoms with van der Waals surface area (Å²) >= 11 is 0. The largest absolute Gasteiger partial charge is 0.385 e. The molecule has 1 aromatic carbocycles. The van der Waals surface area contributed by atoms with Crippen LogP contribution in [0.5, 0.6) is 0 Å². The predicted molar refractivity (Wildman–Crippen MR) is 112 cm³/mol. The van der Waals surface area contributed by atoms with Gasteiger partial charge in [-0.2, -0.15) is 14.8 Å². The molecule has 0 saturated carbocycles. The Kier molecular flexibility index (Phi) is 6.25. The molecule has 0 atom stereocenters. The van der Waals surface area contributed by atoms with Gasteiger partial charge in [-0.3, -0.25) is 0 Å². The summed E-state index contributed by atoms with van der Waals surface area (Å²) in [6.07, 6.45) is 4.11. The van der Waals surface area contributed by atoms with Gasteiger partial charge in [-0.25, -0.2) is 0 Å². The van der Waals surface area contributed by atoms with Crippen molar-refractivity contribution >= 4 is 10.9 Å². The van der Waals surface area contributed by atoms with Crippen molar-refractivity contribution in [1.82, 2.24) is 24.8 Å². The SMILES string of the molecule is COCCCN1CCC(c2nc(-n3nc(CC(C)C)c4ccccc43)no2)CC1. The topological polar surface area (TPSA) is 69.2 Å². The molecule has 29 heavy (non-hydrogen) atoms. The molecule has 0 amide bonds. The lowest BCUT2D eigenvalue weighted by molar-refractivity contribution is 0.152.